The van der Waals surface area contributed by atoms with E-state index >= 15 is 0 Å². The number of aromatic hydroxyl groups is 1. The third-order valence-electron chi connectivity index (χ3n) is 1.98. The lowest BCUT2D eigenvalue weighted by molar-refractivity contribution is -0.113. The predicted molar refractivity (Wildman–Crippen MR) is 66.5 cm³/mol. The Hall–Kier alpha value is -2.02. The summed E-state index contributed by atoms with van der Waals surface area (Å²) in [6.07, 6.45) is 0. The monoisotopic (exact) mass is 265 g/mol. The van der Waals surface area contributed by atoms with Crippen molar-refractivity contribution < 1.29 is 14.3 Å². The number of benzene rings is 1. The molecule has 0 atom stereocenters. The smallest absolute Gasteiger partial charge is 0.322 e. The molecule has 0 spiro atoms. The average Bonchev–Trinajstić information content (AvgIpc) is 2.74. The predicted octanol–water partition coefficient (Wildman–Crippen LogP) is 1.81. The molecule has 0 fully saturated rings. The van der Waals surface area contributed by atoms with Gasteiger partial charge in [0.25, 0.3) is 0 Å². The zero-order chi connectivity index (χ0) is 13.0. The number of rotatable bonds is 4. The maximum atomic E-state index is 11.6. The van der Waals surface area contributed by atoms with Gasteiger partial charge in [0.2, 0.25) is 11.8 Å². The van der Waals surface area contributed by atoms with Crippen LogP contribution in [0, 0.1) is 6.92 Å². The number of nitrogens with one attached hydrogen (secondary N) is 1. The second-order valence-corrected chi connectivity index (χ2v) is 4.51. The molecule has 18 heavy (non-hydrogen) atoms. The number of aryl methyl sites for hydroxylation is 1. The first-order chi connectivity index (χ1) is 8.63. The molecular weight excluding hydrogens is 254 g/mol. The Morgan fingerprint density at radius 1 is 1.39 bits per heavy atom. The maximum Gasteiger partial charge on any atom is 0.322 e. The molecule has 0 radical (unpaired) electrons. The van der Waals surface area contributed by atoms with Crippen molar-refractivity contribution in [2.45, 2.75) is 11.8 Å². The van der Waals surface area contributed by atoms with Gasteiger partial charge in [0.05, 0.1) is 5.75 Å². The van der Waals surface area contributed by atoms with Gasteiger partial charge in [-0.15, -0.1) is 16.9 Å². The van der Waals surface area contributed by atoms with Gasteiger partial charge in [-0.1, -0.05) is 5.10 Å². The number of hydrogen-bond acceptors (Lipinski definition) is 6. The van der Waals surface area contributed by atoms with E-state index in [4.69, 9.17) is 9.52 Å². The van der Waals surface area contributed by atoms with Crippen LogP contribution in [0.4, 0.5) is 6.01 Å². The molecule has 1 heterocycles. The summed E-state index contributed by atoms with van der Waals surface area (Å²) in [5.41, 5.74) is 0. The minimum absolute atomic E-state index is 0.101. The highest BCUT2D eigenvalue weighted by Gasteiger charge is 2.08. The number of hydrogen-bond donors (Lipinski definition) is 2. The second-order valence-electron chi connectivity index (χ2n) is 3.46. The molecule has 2 rings (SSSR count). The molecule has 2 N–H and O–H groups in total. The SMILES string of the molecule is Cc1nnc(NC(=O)CSc2ccc(O)cc2)o1. The lowest BCUT2D eigenvalue weighted by Gasteiger charge is -2.01. The zero-order valence-corrected chi connectivity index (χ0v) is 10.4. The van der Waals surface area contributed by atoms with Crippen LogP contribution in [0.1, 0.15) is 5.89 Å². The van der Waals surface area contributed by atoms with Crippen LogP contribution in [0.15, 0.2) is 33.6 Å². The Morgan fingerprint density at radius 2 is 2.11 bits per heavy atom. The summed E-state index contributed by atoms with van der Waals surface area (Å²) < 4.78 is 5.03. The minimum atomic E-state index is -0.225. The molecular formula is C11H11N3O3S. The zero-order valence-electron chi connectivity index (χ0n) is 9.58. The van der Waals surface area contributed by atoms with Crippen molar-refractivity contribution in [2.75, 3.05) is 11.1 Å². The molecule has 0 saturated carbocycles. The summed E-state index contributed by atoms with van der Waals surface area (Å²) in [6, 6.07) is 6.72. The quantitative estimate of drug-likeness (QED) is 0.820. The summed E-state index contributed by atoms with van der Waals surface area (Å²) in [7, 11) is 0. The van der Waals surface area contributed by atoms with Gasteiger partial charge in [0.1, 0.15) is 5.75 Å². The normalized spacial score (nSPS) is 10.3. The van der Waals surface area contributed by atoms with Crippen LogP contribution in [0.25, 0.3) is 0 Å². The Morgan fingerprint density at radius 3 is 2.72 bits per heavy atom. The molecule has 0 aliphatic rings. The van der Waals surface area contributed by atoms with Gasteiger partial charge in [-0.2, -0.15) is 0 Å². The van der Waals surface area contributed by atoms with Crippen molar-refractivity contribution in [3.05, 3.63) is 30.2 Å². The number of carbonyl (C=O) groups excluding carboxylic acids is 1. The van der Waals surface area contributed by atoms with E-state index in [9.17, 15) is 4.79 Å². The van der Waals surface area contributed by atoms with Gasteiger partial charge in [-0.05, 0) is 24.3 Å². The highest BCUT2D eigenvalue weighted by molar-refractivity contribution is 8.00. The van der Waals surface area contributed by atoms with Crippen molar-refractivity contribution in [3.8, 4) is 5.75 Å². The van der Waals surface area contributed by atoms with Crippen LogP contribution in [0.2, 0.25) is 0 Å². The van der Waals surface area contributed by atoms with E-state index in [0.29, 0.717) is 5.89 Å². The van der Waals surface area contributed by atoms with E-state index in [-0.39, 0.29) is 23.4 Å². The van der Waals surface area contributed by atoms with Gasteiger partial charge >= 0.3 is 6.01 Å². The molecule has 1 aromatic heterocycles. The van der Waals surface area contributed by atoms with Crippen LogP contribution >= 0.6 is 11.8 Å². The fourth-order valence-electron chi connectivity index (χ4n) is 1.19. The Labute approximate surface area is 107 Å². The third-order valence-corrected chi connectivity index (χ3v) is 2.99. The largest absolute Gasteiger partial charge is 0.508 e. The first-order valence-corrected chi connectivity index (χ1v) is 6.14. The van der Waals surface area contributed by atoms with Gasteiger partial charge in [-0.25, -0.2) is 0 Å². The average molecular weight is 265 g/mol. The Kier molecular flexibility index (Phi) is 3.83. The number of amides is 1. The van der Waals surface area contributed by atoms with Crippen molar-refractivity contribution in [3.63, 3.8) is 0 Å². The number of thioether (sulfide) groups is 1. The molecule has 0 unspecified atom stereocenters. The maximum absolute atomic E-state index is 11.6. The first-order valence-electron chi connectivity index (χ1n) is 5.15. The summed E-state index contributed by atoms with van der Waals surface area (Å²) in [5, 5.41) is 18.9. The highest BCUT2D eigenvalue weighted by atomic mass is 32.2. The van der Waals surface area contributed by atoms with E-state index in [1.165, 1.54) is 11.8 Å². The van der Waals surface area contributed by atoms with Gasteiger partial charge in [0, 0.05) is 11.8 Å². The Bertz CT molecular complexity index is 539. The van der Waals surface area contributed by atoms with E-state index in [1.54, 1.807) is 31.2 Å². The molecule has 94 valence electrons. The summed E-state index contributed by atoms with van der Waals surface area (Å²) >= 11 is 1.35. The van der Waals surface area contributed by atoms with Crippen LogP contribution in [-0.4, -0.2) is 27.0 Å². The van der Waals surface area contributed by atoms with E-state index in [0.717, 1.165) is 4.90 Å². The molecule has 0 saturated heterocycles. The number of aromatic nitrogens is 2. The molecule has 6 nitrogen and oxygen atoms in total. The van der Waals surface area contributed by atoms with Crippen molar-refractivity contribution in [2.24, 2.45) is 0 Å². The molecule has 0 aliphatic carbocycles. The summed E-state index contributed by atoms with van der Waals surface area (Å²) in [4.78, 5) is 12.4. The summed E-state index contributed by atoms with van der Waals surface area (Å²) in [6.45, 7) is 1.65. The van der Waals surface area contributed by atoms with Crippen LogP contribution in [-0.2, 0) is 4.79 Å². The van der Waals surface area contributed by atoms with Gasteiger partial charge < -0.3 is 9.52 Å². The second kappa shape index (κ2) is 5.54. The molecule has 0 aliphatic heterocycles. The number of phenols is 1. The van der Waals surface area contributed by atoms with E-state index < -0.39 is 0 Å². The number of anilines is 1. The molecule has 7 heteroatoms. The van der Waals surface area contributed by atoms with E-state index in [1.807, 2.05) is 0 Å². The fourth-order valence-corrected chi connectivity index (χ4v) is 1.89. The first kappa shape index (κ1) is 12.4. The van der Waals surface area contributed by atoms with Crippen LogP contribution < -0.4 is 5.32 Å². The van der Waals surface area contributed by atoms with E-state index in [2.05, 4.69) is 15.5 Å². The fraction of sp³-hybridized carbons (Fsp3) is 0.182. The van der Waals surface area contributed by atoms with Crippen molar-refractivity contribution in [1.82, 2.24) is 10.2 Å². The molecule has 0 bridgehead atoms. The lowest BCUT2D eigenvalue weighted by Crippen LogP contribution is -2.14. The third kappa shape index (κ3) is 3.49. The molecule has 1 aromatic carbocycles. The summed E-state index contributed by atoms with van der Waals surface area (Å²) in [5.74, 6) is 0.602. The molecule has 1 amide bonds. The Balaban J connectivity index is 1.83. The highest BCUT2D eigenvalue weighted by Crippen LogP contribution is 2.20. The van der Waals surface area contributed by atoms with Crippen molar-refractivity contribution in [1.29, 1.82) is 0 Å². The minimum Gasteiger partial charge on any atom is -0.508 e. The number of phenolic OH excluding ortho intramolecular Hbond substituents is 1. The van der Waals surface area contributed by atoms with Crippen LogP contribution in [0.5, 0.6) is 5.75 Å². The van der Waals surface area contributed by atoms with Crippen molar-refractivity contribution >= 4 is 23.7 Å². The number of nitrogens with zero attached hydrogens (tertiary/aromatic N) is 2. The van der Waals surface area contributed by atoms with Gasteiger partial charge in [0.15, 0.2) is 0 Å². The standard InChI is InChI=1S/C11H11N3O3S/c1-7-13-14-11(17-7)12-10(16)6-18-9-4-2-8(15)3-5-9/h2-5,15H,6H2,1H3,(H,12,14,16). The molecule has 2 aromatic rings. The lowest BCUT2D eigenvalue weighted by atomic mass is 10.3. The van der Waals surface area contributed by atoms with Gasteiger partial charge in [-0.3, -0.25) is 10.1 Å². The van der Waals surface area contributed by atoms with Crippen LogP contribution in [0.3, 0.4) is 0 Å². The topological polar surface area (TPSA) is 88.2 Å². The number of carbonyl (C=O) groups is 1.